The minimum Gasteiger partial charge on any atom is -0.481 e. The van der Waals surface area contributed by atoms with Gasteiger partial charge in [-0.15, -0.1) is 0 Å². The minimum absolute atomic E-state index is 0.0272. The fourth-order valence-corrected chi connectivity index (χ4v) is 2.51. The number of halogens is 2. The topological polar surface area (TPSA) is 57.6 Å². The summed E-state index contributed by atoms with van der Waals surface area (Å²) in [4.78, 5) is 24.4. The Kier molecular flexibility index (Phi) is 4.04. The first kappa shape index (κ1) is 13.8. The number of hydrogen-bond acceptors (Lipinski definition) is 2. The van der Waals surface area contributed by atoms with Gasteiger partial charge in [-0.2, -0.15) is 0 Å². The van der Waals surface area contributed by atoms with Gasteiger partial charge in [0.1, 0.15) is 5.82 Å². The largest absolute Gasteiger partial charge is 0.481 e. The van der Waals surface area contributed by atoms with Crippen molar-refractivity contribution in [3.05, 3.63) is 34.6 Å². The summed E-state index contributed by atoms with van der Waals surface area (Å²) in [5.74, 6) is -1.66. The van der Waals surface area contributed by atoms with E-state index in [9.17, 15) is 14.0 Å². The van der Waals surface area contributed by atoms with E-state index in [1.165, 1.54) is 12.1 Å². The molecule has 0 saturated carbocycles. The van der Waals surface area contributed by atoms with Crippen molar-refractivity contribution in [3.63, 3.8) is 0 Å². The van der Waals surface area contributed by atoms with Crippen LogP contribution in [0.25, 0.3) is 0 Å². The molecule has 1 fully saturated rings. The van der Waals surface area contributed by atoms with Crippen LogP contribution in [-0.4, -0.2) is 35.0 Å². The first-order valence-electron chi connectivity index (χ1n) is 5.93. The second kappa shape index (κ2) is 5.57. The van der Waals surface area contributed by atoms with E-state index < -0.39 is 11.8 Å². The highest BCUT2D eigenvalue weighted by Crippen LogP contribution is 2.24. The average molecular weight is 286 g/mol. The zero-order chi connectivity index (χ0) is 14.0. The molecule has 6 heteroatoms. The van der Waals surface area contributed by atoms with E-state index in [2.05, 4.69) is 0 Å². The Morgan fingerprint density at radius 1 is 1.47 bits per heavy atom. The van der Waals surface area contributed by atoms with Crippen molar-refractivity contribution >= 4 is 23.5 Å². The third kappa shape index (κ3) is 3.23. The first-order valence-corrected chi connectivity index (χ1v) is 6.31. The van der Waals surface area contributed by atoms with Gasteiger partial charge in [0.05, 0.1) is 10.6 Å². The SMILES string of the molecule is O=C(O)CC1CCN(C(=O)c2ccc(F)cc2Cl)C1. The highest BCUT2D eigenvalue weighted by Gasteiger charge is 2.29. The summed E-state index contributed by atoms with van der Waals surface area (Å²) in [7, 11) is 0. The summed E-state index contributed by atoms with van der Waals surface area (Å²) >= 11 is 5.84. The Hall–Kier alpha value is -1.62. The number of hydrogen-bond donors (Lipinski definition) is 1. The Morgan fingerprint density at radius 2 is 2.21 bits per heavy atom. The Morgan fingerprint density at radius 3 is 2.84 bits per heavy atom. The van der Waals surface area contributed by atoms with E-state index in [0.717, 1.165) is 6.07 Å². The van der Waals surface area contributed by atoms with Gasteiger partial charge in [0, 0.05) is 19.5 Å². The van der Waals surface area contributed by atoms with E-state index in [1.807, 2.05) is 0 Å². The predicted octanol–water partition coefficient (Wildman–Crippen LogP) is 2.42. The maximum Gasteiger partial charge on any atom is 0.303 e. The predicted molar refractivity (Wildman–Crippen MR) is 67.7 cm³/mol. The van der Waals surface area contributed by atoms with Crippen LogP contribution in [0.4, 0.5) is 4.39 Å². The maximum atomic E-state index is 12.9. The van der Waals surface area contributed by atoms with Gasteiger partial charge in [-0.05, 0) is 30.5 Å². The second-order valence-electron chi connectivity index (χ2n) is 4.63. The number of rotatable bonds is 3. The summed E-state index contributed by atoms with van der Waals surface area (Å²) < 4.78 is 12.9. The molecule has 1 saturated heterocycles. The van der Waals surface area contributed by atoms with Crippen molar-refractivity contribution < 1.29 is 19.1 Å². The van der Waals surface area contributed by atoms with Gasteiger partial charge in [-0.25, -0.2) is 4.39 Å². The molecule has 1 atom stereocenters. The number of nitrogens with zero attached hydrogens (tertiary/aromatic N) is 1. The summed E-state index contributed by atoms with van der Waals surface area (Å²) in [5, 5.41) is 8.80. The lowest BCUT2D eigenvalue weighted by molar-refractivity contribution is -0.138. The quantitative estimate of drug-likeness (QED) is 0.928. The number of benzene rings is 1. The summed E-state index contributed by atoms with van der Waals surface area (Å²) in [6, 6.07) is 3.63. The molecule has 0 bridgehead atoms. The molecule has 1 aliphatic rings. The van der Waals surface area contributed by atoms with Gasteiger partial charge in [0.25, 0.3) is 5.91 Å². The molecule has 1 amide bonds. The van der Waals surface area contributed by atoms with Gasteiger partial charge in [0.2, 0.25) is 0 Å². The number of aliphatic carboxylic acids is 1. The third-order valence-electron chi connectivity index (χ3n) is 3.20. The molecule has 0 aliphatic carbocycles. The molecule has 19 heavy (non-hydrogen) atoms. The van der Waals surface area contributed by atoms with Gasteiger partial charge in [0.15, 0.2) is 0 Å². The second-order valence-corrected chi connectivity index (χ2v) is 5.04. The number of amides is 1. The molecule has 102 valence electrons. The first-order chi connectivity index (χ1) is 8.97. The minimum atomic E-state index is -0.862. The normalized spacial score (nSPS) is 18.6. The molecule has 1 aromatic rings. The van der Waals surface area contributed by atoms with Crippen molar-refractivity contribution in [2.45, 2.75) is 12.8 Å². The van der Waals surface area contributed by atoms with Crippen molar-refractivity contribution in [1.29, 1.82) is 0 Å². The van der Waals surface area contributed by atoms with E-state index >= 15 is 0 Å². The Balaban J connectivity index is 2.07. The van der Waals surface area contributed by atoms with Crippen LogP contribution >= 0.6 is 11.6 Å². The number of likely N-dealkylation sites (tertiary alicyclic amines) is 1. The Labute approximate surface area is 114 Å². The van der Waals surface area contributed by atoms with Crippen molar-refractivity contribution in [2.75, 3.05) is 13.1 Å². The van der Waals surface area contributed by atoms with Gasteiger partial charge in [-0.1, -0.05) is 11.6 Å². The zero-order valence-corrected chi connectivity index (χ0v) is 10.9. The standard InChI is InChI=1S/C13H13ClFNO3/c14-11-6-9(15)1-2-10(11)13(19)16-4-3-8(7-16)5-12(17)18/h1-2,6,8H,3-5,7H2,(H,17,18). The van der Waals surface area contributed by atoms with Crippen LogP contribution in [0.5, 0.6) is 0 Å². The fourth-order valence-electron chi connectivity index (χ4n) is 2.26. The van der Waals surface area contributed by atoms with Crippen LogP contribution in [-0.2, 0) is 4.79 Å². The Bertz CT molecular complexity index is 521. The number of carbonyl (C=O) groups excluding carboxylic acids is 1. The van der Waals surface area contributed by atoms with E-state index in [0.29, 0.717) is 19.5 Å². The van der Waals surface area contributed by atoms with Crippen molar-refractivity contribution in [2.24, 2.45) is 5.92 Å². The molecular weight excluding hydrogens is 273 g/mol. The zero-order valence-electron chi connectivity index (χ0n) is 10.1. The highest BCUT2D eigenvalue weighted by atomic mass is 35.5. The molecule has 1 aromatic carbocycles. The van der Waals surface area contributed by atoms with Crippen molar-refractivity contribution in [3.8, 4) is 0 Å². The molecule has 4 nitrogen and oxygen atoms in total. The monoisotopic (exact) mass is 285 g/mol. The lowest BCUT2D eigenvalue weighted by Crippen LogP contribution is -2.29. The lowest BCUT2D eigenvalue weighted by Gasteiger charge is -2.17. The van der Waals surface area contributed by atoms with Crippen LogP contribution in [0.15, 0.2) is 18.2 Å². The van der Waals surface area contributed by atoms with Gasteiger partial charge < -0.3 is 10.0 Å². The third-order valence-corrected chi connectivity index (χ3v) is 3.51. The van der Waals surface area contributed by atoms with Crippen LogP contribution in [0.2, 0.25) is 5.02 Å². The molecule has 1 unspecified atom stereocenters. The highest BCUT2D eigenvalue weighted by molar-refractivity contribution is 6.33. The summed E-state index contributed by atoms with van der Waals surface area (Å²) in [6.45, 7) is 0.906. The van der Waals surface area contributed by atoms with E-state index in [1.54, 1.807) is 4.90 Å². The average Bonchev–Trinajstić information content (AvgIpc) is 2.75. The van der Waals surface area contributed by atoms with Crippen LogP contribution in [0.3, 0.4) is 0 Å². The molecular formula is C13H13ClFNO3. The molecule has 2 rings (SSSR count). The molecule has 0 spiro atoms. The molecule has 0 radical (unpaired) electrons. The van der Waals surface area contributed by atoms with Crippen LogP contribution < -0.4 is 0 Å². The van der Waals surface area contributed by atoms with Crippen LogP contribution in [0.1, 0.15) is 23.2 Å². The fraction of sp³-hybridized carbons (Fsp3) is 0.385. The number of carboxylic acid groups (broad SMARTS) is 1. The van der Waals surface area contributed by atoms with Crippen molar-refractivity contribution in [1.82, 2.24) is 4.90 Å². The number of carboxylic acids is 1. The van der Waals surface area contributed by atoms with Crippen LogP contribution in [0, 0.1) is 11.7 Å². The molecule has 0 aromatic heterocycles. The number of carbonyl (C=O) groups is 2. The van der Waals surface area contributed by atoms with E-state index in [4.69, 9.17) is 16.7 Å². The maximum absolute atomic E-state index is 12.9. The summed E-state index contributed by atoms with van der Waals surface area (Å²) in [6.07, 6.45) is 0.720. The smallest absolute Gasteiger partial charge is 0.303 e. The van der Waals surface area contributed by atoms with Gasteiger partial charge >= 0.3 is 5.97 Å². The molecule has 1 aliphatic heterocycles. The molecule has 1 N–H and O–H groups in total. The molecule has 1 heterocycles. The lowest BCUT2D eigenvalue weighted by atomic mass is 10.1. The van der Waals surface area contributed by atoms with Gasteiger partial charge in [-0.3, -0.25) is 9.59 Å². The summed E-state index contributed by atoms with van der Waals surface area (Å²) in [5.41, 5.74) is 0.249. The van der Waals surface area contributed by atoms with E-state index in [-0.39, 0.29) is 28.8 Å².